The molecular weight excluding hydrogens is 174 g/mol. The van der Waals surface area contributed by atoms with Crippen LogP contribution in [0.25, 0.3) is 0 Å². The summed E-state index contributed by atoms with van der Waals surface area (Å²) in [5, 5.41) is 0. The Bertz CT molecular complexity index is 376. The Morgan fingerprint density at radius 1 is 1.14 bits per heavy atom. The summed E-state index contributed by atoms with van der Waals surface area (Å²) in [5.74, 6) is 0.616. The van der Waals surface area contributed by atoms with Crippen LogP contribution in [-0.2, 0) is 17.6 Å². The fourth-order valence-corrected chi connectivity index (χ4v) is 2.41. The van der Waals surface area contributed by atoms with Crippen molar-refractivity contribution < 1.29 is 4.79 Å². The van der Waals surface area contributed by atoms with Crippen molar-refractivity contribution in [3.63, 3.8) is 0 Å². The van der Waals surface area contributed by atoms with Crippen molar-refractivity contribution in [3.05, 3.63) is 22.5 Å². The van der Waals surface area contributed by atoms with Gasteiger partial charge in [0.1, 0.15) is 5.78 Å². The minimum absolute atomic E-state index is 0.199. The molecule has 1 aliphatic carbocycles. The lowest BCUT2D eigenvalue weighted by atomic mass is 9.98. The standard InChI is InChI=1S/C12H17NO/c1-7-6-11-9(3)13-8(2)10(11)4-5-12(7)14/h7,13H,4-6H2,1-3H3. The van der Waals surface area contributed by atoms with Crippen LogP contribution in [0.5, 0.6) is 0 Å². The molecule has 0 radical (unpaired) electrons. The van der Waals surface area contributed by atoms with Gasteiger partial charge in [-0.15, -0.1) is 0 Å². The van der Waals surface area contributed by atoms with Gasteiger partial charge in [0.05, 0.1) is 0 Å². The fourth-order valence-electron chi connectivity index (χ4n) is 2.41. The quantitative estimate of drug-likeness (QED) is 0.627. The summed E-state index contributed by atoms with van der Waals surface area (Å²) in [4.78, 5) is 15.0. The summed E-state index contributed by atoms with van der Waals surface area (Å²) in [7, 11) is 0. The molecule has 2 nitrogen and oxygen atoms in total. The SMILES string of the molecule is Cc1[nH]c(C)c2c1CCC(=O)C(C)C2. The normalized spacial score (nSPS) is 21.9. The first-order valence-corrected chi connectivity index (χ1v) is 5.29. The van der Waals surface area contributed by atoms with Crippen LogP contribution in [0.4, 0.5) is 0 Å². The van der Waals surface area contributed by atoms with Crippen molar-refractivity contribution in [2.24, 2.45) is 5.92 Å². The van der Waals surface area contributed by atoms with Crippen LogP contribution in [0.2, 0.25) is 0 Å². The molecule has 1 unspecified atom stereocenters. The number of H-pyrrole nitrogens is 1. The number of carbonyl (C=O) groups excluding carboxylic acids is 1. The lowest BCUT2D eigenvalue weighted by Gasteiger charge is -2.05. The van der Waals surface area contributed by atoms with Gasteiger partial charge in [-0.3, -0.25) is 4.79 Å². The number of aryl methyl sites for hydroxylation is 2. The van der Waals surface area contributed by atoms with E-state index in [9.17, 15) is 4.79 Å². The van der Waals surface area contributed by atoms with Crippen molar-refractivity contribution in [2.75, 3.05) is 0 Å². The third-order valence-electron chi connectivity index (χ3n) is 3.33. The van der Waals surface area contributed by atoms with Crippen molar-refractivity contribution in [1.82, 2.24) is 4.98 Å². The molecule has 0 bridgehead atoms. The largest absolute Gasteiger partial charge is 0.362 e. The van der Waals surface area contributed by atoms with Crippen LogP contribution in [0.1, 0.15) is 35.9 Å². The van der Waals surface area contributed by atoms with Gasteiger partial charge in [-0.2, -0.15) is 0 Å². The topological polar surface area (TPSA) is 32.9 Å². The van der Waals surface area contributed by atoms with Gasteiger partial charge in [0.2, 0.25) is 0 Å². The minimum atomic E-state index is 0.199. The van der Waals surface area contributed by atoms with Gasteiger partial charge in [0.15, 0.2) is 0 Å². The number of Topliss-reactive ketones (excluding diaryl/α,β-unsaturated/α-hetero) is 1. The third kappa shape index (κ3) is 1.39. The summed E-state index contributed by atoms with van der Waals surface area (Å²) in [5.41, 5.74) is 5.28. The van der Waals surface area contributed by atoms with Crippen molar-refractivity contribution in [3.8, 4) is 0 Å². The molecular formula is C12H17NO. The van der Waals surface area contributed by atoms with Gasteiger partial charge >= 0.3 is 0 Å². The van der Waals surface area contributed by atoms with Gasteiger partial charge in [0, 0.05) is 23.7 Å². The first kappa shape index (κ1) is 9.50. The molecule has 0 saturated carbocycles. The van der Waals surface area contributed by atoms with Gasteiger partial charge in [-0.25, -0.2) is 0 Å². The number of carbonyl (C=O) groups is 1. The molecule has 0 saturated heterocycles. The van der Waals surface area contributed by atoms with Crippen molar-refractivity contribution >= 4 is 5.78 Å². The number of hydrogen-bond donors (Lipinski definition) is 1. The summed E-state index contributed by atoms with van der Waals surface area (Å²) < 4.78 is 0. The van der Waals surface area contributed by atoms with Gasteiger partial charge in [-0.1, -0.05) is 6.92 Å². The van der Waals surface area contributed by atoms with E-state index in [4.69, 9.17) is 0 Å². The Morgan fingerprint density at radius 3 is 2.50 bits per heavy atom. The van der Waals surface area contributed by atoms with E-state index in [1.54, 1.807) is 0 Å². The fraction of sp³-hybridized carbons (Fsp3) is 0.583. The number of ketones is 1. The highest BCUT2D eigenvalue weighted by molar-refractivity contribution is 5.82. The maximum absolute atomic E-state index is 11.6. The zero-order chi connectivity index (χ0) is 10.3. The third-order valence-corrected chi connectivity index (χ3v) is 3.33. The second-order valence-electron chi connectivity index (χ2n) is 4.40. The van der Waals surface area contributed by atoms with Crippen LogP contribution in [0.3, 0.4) is 0 Å². The lowest BCUT2D eigenvalue weighted by Crippen LogP contribution is -2.11. The number of rotatable bonds is 0. The van der Waals surface area contributed by atoms with E-state index in [1.165, 1.54) is 22.5 Å². The summed E-state index contributed by atoms with van der Waals surface area (Å²) in [6, 6.07) is 0. The van der Waals surface area contributed by atoms with Crippen LogP contribution >= 0.6 is 0 Å². The first-order chi connectivity index (χ1) is 6.59. The monoisotopic (exact) mass is 191 g/mol. The highest BCUT2D eigenvalue weighted by atomic mass is 16.1. The Hall–Kier alpha value is -1.05. The summed E-state index contributed by atoms with van der Waals surface area (Å²) >= 11 is 0. The molecule has 0 aromatic carbocycles. The highest BCUT2D eigenvalue weighted by Gasteiger charge is 2.23. The van der Waals surface area contributed by atoms with Crippen LogP contribution in [-0.4, -0.2) is 10.8 Å². The molecule has 1 heterocycles. The maximum atomic E-state index is 11.6. The molecule has 1 N–H and O–H groups in total. The molecule has 1 atom stereocenters. The summed E-state index contributed by atoms with van der Waals surface area (Å²) in [6.45, 7) is 6.25. The molecule has 0 aliphatic heterocycles. The second kappa shape index (κ2) is 3.26. The Kier molecular flexibility index (Phi) is 2.22. The number of aromatic amines is 1. The van der Waals surface area contributed by atoms with Gasteiger partial charge in [0.25, 0.3) is 0 Å². The molecule has 0 spiro atoms. The molecule has 1 aliphatic rings. The van der Waals surface area contributed by atoms with E-state index in [2.05, 4.69) is 18.8 Å². The molecule has 2 heteroatoms. The van der Waals surface area contributed by atoms with Crippen molar-refractivity contribution in [1.29, 1.82) is 0 Å². The average Bonchev–Trinajstić information content (AvgIpc) is 2.31. The first-order valence-electron chi connectivity index (χ1n) is 5.29. The van der Waals surface area contributed by atoms with Crippen LogP contribution in [0, 0.1) is 19.8 Å². The van der Waals surface area contributed by atoms with Crippen molar-refractivity contribution in [2.45, 2.75) is 40.0 Å². The van der Waals surface area contributed by atoms with E-state index >= 15 is 0 Å². The molecule has 14 heavy (non-hydrogen) atoms. The lowest BCUT2D eigenvalue weighted by molar-refractivity contribution is -0.122. The van der Waals surface area contributed by atoms with Crippen LogP contribution < -0.4 is 0 Å². The zero-order valence-corrected chi connectivity index (χ0v) is 9.11. The molecule has 1 aromatic rings. The van der Waals surface area contributed by atoms with Gasteiger partial charge in [-0.05, 0) is 37.8 Å². The predicted octanol–water partition coefficient (Wildman–Crippen LogP) is 2.33. The highest BCUT2D eigenvalue weighted by Crippen LogP contribution is 2.27. The molecule has 0 amide bonds. The smallest absolute Gasteiger partial charge is 0.136 e. The van der Waals surface area contributed by atoms with E-state index in [-0.39, 0.29) is 5.92 Å². The maximum Gasteiger partial charge on any atom is 0.136 e. The summed E-state index contributed by atoms with van der Waals surface area (Å²) in [6.07, 6.45) is 2.56. The average molecular weight is 191 g/mol. The second-order valence-corrected chi connectivity index (χ2v) is 4.40. The van der Waals surface area contributed by atoms with E-state index in [0.717, 1.165) is 12.8 Å². The Balaban J connectivity index is 2.44. The van der Waals surface area contributed by atoms with E-state index < -0.39 is 0 Å². The number of aromatic nitrogens is 1. The predicted molar refractivity (Wildman–Crippen MR) is 56.5 cm³/mol. The molecule has 76 valence electrons. The molecule has 2 rings (SSSR count). The Morgan fingerprint density at radius 2 is 1.79 bits per heavy atom. The van der Waals surface area contributed by atoms with E-state index in [1.807, 2.05) is 6.92 Å². The zero-order valence-electron chi connectivity index (χ0n) is 9.11. The van der Waals surface area contributed by atoms with E-state index in [0.29, 0.717) is 12.2 Å². The van der Waals surface area contributed by atoms with Crippen LogP contribution in [0.15, 0.2) is 0 Å². The van der Waals surface area contributed by atoms with Gasteiger partial charge < -0.3 is 4.98 Å². The number of nitrogens with one attached hydrogen (secondary N) is 1. The number of fused-ring (bicyclic) bond motifs is 1. The minimum Gasteiger partial charge on any atom is -0.362 e. The number of hydrogen-bond acceptors (Lipinski definition) is 1. The molecule has 0 fully saturated rings. The molecule has 1 aromatic heterocycles. The Labute approximate surface area is 84.7 Å².